The highest BCUT2D eigenvalue weighted by Crippen LogP contribution is 2.27. The van der Waals surface area contributed by atoms with Crippen LogP contribution in [-0.2, 0) is 6.18 Å². The summed E-state index contributed by atoms with van der Waals surface area (Å²) in [6, 6.07) is 3.09. The topological polar surface area (TPSA) is 55.1 Å². The van der Waals surface area contributed by atoms with Crippen molar-refractivity contribution in [3.63, 3.8) is 0 Å². The first kappa shape index (κ1) is 15.8. The molecule has 0 unspecified atom stereocenters. The quantitative estimate of drug-likeness (QED) is 0.868. The summed E-state index contributed by atoms with van der Waals surface area (Å²) in [5, 5.41) is 13.7. The highest BCUT2D eigenvalue weighted by molar-refractivity contribution is 5.44. The van der Waals surface area contributed by atoms with Crippen LogP contribution in [0.4, 0.5) is 19.0 Å². The molecule has 124 valence electrons. The van der Waals surface area contributed by atoms with Crippen molar-refractivity contribution in [1.29, 1.82) is 0 Å². The second-order valence-electron chi connectivity index (χ2n) is 5.65. The van der Waals surface area contributed by atoms with Crippen LogP contribution in [0, 0.1) is 0 Å². The Bertz CT molecular complexity index is 705. The van der Waals surface area contributed by atoms with E-state index in [4.69, 9.17) is 0 Å². The summed E-state index contributed by atoms with van der Waals surface area (Å²) in [5.74, 6) is -0.723. The van der Waals surface area contributed by atoms with Gasteiger partial charge in [-0.15, -0.1) is 15.3 Å². The summed E-state index contributed by atoms with van der Waals surface area (Å²) < 4.78 is 39.2. The fourth-order valence-electron chi connectivity index (χ4n) is 2.72. The molecule has 0 amide bonds. The van der Waals surface area contributed by atoms with Crippen molar-refractivity contribution < 1.29 is 13.2 Å². The van der Waals surface area contributed by atoms with E-state index in [0.29, 0.717) is 12.4 Å². The normalized spacial score (nSPS) is 16.2. The van der Waals surface area contributed by atoms with Crippen LogP contribution in [0.1, 0.15) is 44.3 Å². The molecule has 0 aliphatic heterocycles. The highest BCUT2D eigenvalue weighted by atomic mass is 19.4. The van der Waals surface area contributed by atoms with Gasteiger partial charge in [0.1, 0.15) is 5.82 Å². The van der Waals surface area contributed by atoms with Crippen LogP contribution in [0.25, 0.3) is 5.65 Å². The third-order valence-corrected chi connectivity index (χ3v) is 3.90. The molecule has 0 saturated carbocycles. The maximum Gasteiger partial charge on any atom is 0.453 e. The Hall–Kier alpha value is -2.12. The molecule has 0 spiro atoms. The van der Waals surface area contributed by atoms with Crippen molar-refractivity contribution in [3.8, 4) is 0 Å². The van der Waals surface area contributed by atoms with Crippen LogP contribution >= 0.6 is 0 Å². The fourth-order valence-corrected chi connectivity index (χ4v) is 2.72. The van der Waals surface area contributed by atoms with Gasteiger partial charge in [-0.25, -0.2) is 0 Å². The molecule has 3 rings (SSSR count). The summed E-state index contributed by atoms with van der Waals surface area (Å²) >= 11 is 0. The van der Waals surface area contributed by atoms with E-state index in [1.165, 1.54) is 30.9 Å². The molecule has 0 bridgehead atoms. The van der Waals surface area contributed by atoms with Crippen LogP contribution in [0.15, 0.2) is 23.8 Å². The van der Waals surface area contributed by atoms with Gasteiger partial charge in [-0.2, -0.15) is 17.7 Å². The van der Waals surface area contributed by atoms with Gasteiger partial charge < -0.3 is 5.32 Å². The zero-order valence-corrected chi connectivity index (χ0v) is 12.6. The molecule has 23 heavy (non-hydrogen) atoms. The highest BCUT2D eigenvalue weighted by Gasteiger charge is 2.37. The maximum absolute atomic E-state index is 12.8. The Kier molecular flexibility index (Phi) is 4.49. The monoisotopic (exact) mass is 325 g/mol. The zero-order valence-electron chi connectivity index (χ0n) is 12.6. The van der Waals surface area contributed by atoms with Crippen molar-refractivity contribution in [1.82, 2.24) is 19.8 Å². The smallest absolute Gasteiger partial charge is 0.368 e. The van der Waals surface area contributed by atoms with Crippen molar-refractivity contribution in [3.05, 3.63) is 29.6 Å². The Labute approximate surface area is 131 Å². The van der Waals surface area contributed by atoms with E-state index in [-0.39, 0.29) is 5.65 Å². The molecule has 0 radical (unpaired) electrons. The molecule has 0 fully saturated rings. The van der Waals surface area contributed by atoms with E-state index >= 15 is 0 Å². The minimum atomic E-state index is -4.57. The van der Waals surface area contributed by atoms with E-state index in [2.05, 4.69) is 26.7 Å². The number of aromatic nitrogens is 4. The lowest BCUT2D eigenvalue weighted by Gasteiger charge is -2.09. The Balaban J connectivity index is 1.67. The summed E-state index contributed by atoms with van der Waals surface area (Å²) in [5.41, 5.74) is 1.49. The summed E-state index contributed by atoms with van der Waals surface area (Å²) in [6.07, 6.45) is 4.54. The van der Waals surface area contributed by atoms with Crippen molar-refractivity contribution in [2.75, 3.05) is 11.9 Å². The number of fused-ring (bicyclic) bond motifs is 1. The van der Waals surface area contributed by atoms with Gasteiger partial charge in [-0.1, -0.05) is 18.1 Å². The van der Waals surface area contributed by atoms with Gasteiger partial charge in [-0.3, -0.25) is 0 Å². The molecule has 2 aromatic rings. The van der Waals surface area contributed by atoms with Gasteiger partial charge in [0.05, 0.1) is 0 Å². The lowest BCUT2D eigenvalue weighted by atomic mass is 10.1. The minimum Gasteiger partial charge on any atom is -0.368 e. The van der Waals surface area contributed by atoms with Gasteiger partial charge in [-0.05, 0) is 44.2 Å². The Morgan fingerprint density at radius 2 is 2.00 bits per heavy atom. The van der Waals surface area contributed by atoms with E-state index in [1.54, 1.807) is 6.07 Å². The van der Waals surface area contributed by atoms with Crippen LogP contribution in [0.5, 0.6) is 0 Å². The van der Waals surface area contributed by atoms with Crippen LogP contribution in [0.2, 0.25) is 0 Å². The third-order valence-electron chi connectivity index (χ3n) is 3.90. The van der Waals surface area contributed by atoms with Gasteiger partial charge in [0.15, 0.2) is 5.65 Å². The number of anilines is 1. The predicted molar refractivity (Wildman–Crippen MR) is 80.1 cm³/mol. The summed E-state index contributed by atoms with van der Waals surface area (Å²) in [6.45, 7) is 0.647. The number of hydrogen-bond acceptors (Lipinski definition) is 4. The molecule has 2 aromatic heterocycles. The van der Waals surface area contributed by atoms with Crippen LogP contribution in [0.3, 0.4) is 0 Å². The lowest BCUT2D eigenvalue weighted by molar-refractivity contribution is -0.146. The lowest BCUT2D eigenvalue weighted by Crippen LogP contribution is -2.14. The first-order valence-corrected chi connectivity index (χ1v) is 7.75. The first-order chi connectivity index (χ1) is 11.0. The fraction of sp³-hybridized carbons (Fsp3) is 0.533. The molecule has 2 heterocycles. The minimum absolute atomic E-state index is 0.0781. The van der Waals surface area contributed by atoms with E-state index in [0.717, 1.165) is 23.8 Å². The molecular weight excluding hydrogens is 307 g/mol. The molecule has 1 N–H and O–H groups in total. The van der Waals surface area contributed by atoms with E-state index in [1.807, 2.05) is 0 Å². The number of rotatable bonds is 4. The standard InChI is InChI=1S/C15H18F3N5/c16-15(17,18)14-21-20-13-8-7-12(22-23(13)14)19-10-9-11-5-3-1-2-4-6-11/h5,7-8H,1-4,6,9-10H2,(H,19,22). The second kappa shape index (κ2) is 6.55. The molecular formula is C15H18F3N5. The average Bonchev–Trinajstić information content (AvgIpc) is 2.76. The Morgan fingerprint density at radius 3 is 2.83 bits per heavy atom. The van der Waals surface area contributed by atoms with Gasteiger partial charge in [0.25, 0.3) is 5.82 Å². The number of nitrogens with one attached hydrogen (secondary N) is 1. The number of allylic oxidation sites excluding steroid dienone is 1. The summed E-state index contributed by atoms with van der Waals surface area (Å²) in [7, 11) is 0. The number of halogens is 3. The molecule has 8 heteroatoms. The predicted octanol–water partition coefficient (Wildman–Crippen LogP) is 3.84. The number of alkyl halides is 3. The van der Waals surface area contributed by atoms with Crippen molar-refractivity contribution in [2.45, 2.75) is 44.7 Å². The van der Waals surface area contributed by atoms with Crippen molar-refractivity contribution >= 4 is 11.5 Å². The molecule has 0 atom stereocenters. The number of nitrogens with zero attached hydrogens (tertiary/aromatic N) is 4. The molecule has 1 aliphatic rings. The third kappa shape index (κ3) is 3.80. The zero-order chi connectivity index (χ0) is 16.3. The molecule has 1 aliphatic carbocycles. The van der Waals surface area contributed by atoms with E-state index in [9.17, 15) is 13.2 Å². The van der Waals surface area contributed by atoms with Gasteiger partial charge in [0, 0.05) is 6.54 Å². The van der Waals surface area contributed by atoms with Crippen molar-refractivity contribution in [2.24, 2.45) is 0 Å². The van der Waals surface area contributed by atoms with E-state index < -0.39 is 12.0 Å². The molecule has 0 aromatic carbocycles. The molecule has 0 saturated heterocycles. The average molecular weight is 325 g/mol. The Morgan fingerprint density at radius 1 is 1.13 bits per heavy atom. The van der Waals surface area contributed by atoms with Crippen LogP contribution < -0.4 is 5.32 Å². The van der Waals surface area contributed by atoms with Gasteiger partial charge >= 0.3 is 6.18 Å². The largest absolute Gasteiger partial charge is 0.453 e. The summed E-state index contributed by atoms with van der Waals surface area (Å²) in [4.78, 5) is 0. The molecule has 5 nitrogen and oxygen atoms in total. The number of hydrogen-bond donors (Lipinski definition) is 1. The van der Waals surface area contributed by atoms with Crippen LogP contribution in [-0.4, -0.2) is 26.4 Å². The first-order valence-electron chi connectivity index (χ1n) is 7.75. The van der Waals surface area contributed by atoms with Gasteiger partial charge in [0.2, 0.25) is 0 Å². The second-order valence-corrected chi connectivity index (χ2v) is 5.65. The SMILES string of the molecule is FC(F)(F)c1nnc2ccc(NCCC3=CCCCCC3)nn12. The maximum atomic E-state index is 12.8.